The van der Waals surface area contributed by atoms with Gasteiger partial charge in [-0.2, -0.15) is 0 Å². The van der Waals surface area contributed by atoms with E-state index in [1.165, 1.54) is 6.21 Å². The third-order valence-corrected chi connectivity index (χ3v) is 0.275. The fourth-order valence-corrected chi connectivity index (χ4v) is 0.100. The molecule has 0 unspecified atom stereocenters. The van der Waals surface area contributed by atoms with Crippen molar-refractivity contribution in [2.24, 2.45) is 4.40 Å². The van der Waals surface area contributed by atoms with Crippen molar-refractivity contribution >= 4 is 25.2 Å². The van der Waals surface area contributed by atoms with E-state index in [4.69, 9.17) is 5.41 Å². The molecule has 0 aromatic rings. The maximum atomic E-state index is 6.28. The highest BCUT2D eigenvalue weighted by Gasteiger charge is 1.45. The first-order valence-electron chi connectivity index (χ1n) is 1.08. The molecule has 0 spiro atoms. The van der Waals surface area contributed by atoms with Gasteiger partial charge >= 0.3 is 0 Å². The molecule has 0 amide bonds. The average Bonchev–Trinajstić information content (AvgIpc) is 1.41. The third-order valence-electron chi connectivity index (χ3n) is 0.141. The lowest BCUT2D eigenvalue weighted by Crippen LogP contribution is -1.61. The lowest BCUT2D eigenvalue weighted by Gasteiger charge is -1.55. The van der Waals surface area contributed by atoms with Crippen LogP contribution in [-0.2, 0) is 0 Å². The second-order valence-corrected chi connectivity index (χ2v) is 0.662. The van der Waals surface area contributed by atoms with E-state index in [2.05, 4.69) is 17.2 Å². The van der Waals surface area contributed by atoms with Crippen LogP contribution >= 0.6 is 12.8 Å². The van der Waals surface area contributed by atoms with Gasteiger partial charge in [-0.15, -0.1) is 0 Å². The number of rotatable bonds is 1. The van der Waals surface area contributed by atoms with E-state index in [1.807, 2.05) is 0 Å². The van der Waals surface area contributed by atoms with Gasteiger partial charge in [0.15, 0.2) is 0 Å². The van der Waals surface area contributed by atoms with Gasteiger partial charge in [-0.05, 0) is 12.8 Å². The van der Waals surface area contributed by atoms with E-state index in [0.29, 0.717) is 0 Å². The zero-order valence-corrected chi connectivity index (χ0v) is 3.44. The van der Waals surface area contributed by atoms with Gasteiger partial charge in [-0.1, -0.05) is 0 Å². The number of nitrogens with zero attached hydrogens (tertiary/aromatic N) is 1. The summed E-state index contributed by atoms with van der Waals surface area (Å²) >= 11 is 3.42. The highest BCUT2D eigenvalue weighted by atomic mass is 32.1. The van der Waals surface area contributed by atoms with Crippen LogP contribution in [0.4, 0.5) is 0 Å². The van der Waals surface area contributed by atoms with Crippen LogP contribution in [0.5, 0.6) is 0 Å². The van der Waals surface area contributed by atoms with Gasteiger partial charge in [0.1, 0.15) is 0 Å². The minimum atomic E-state index is 1.06. The number of hydrogen-bond acceptors (Lipinski definition) is 3. The van der Waals surface area contributed by atoms with E-state index in [0.717, 1.165) is 6.21 Å². The van der Waals surface area contributed by atoms with E-state index in [1.54, 1.807) is 0 Å². The molecular formula is C2H4N2S. The summed E-state index contributed by atoms with van der Waals surface area (Å²) in [6, 6.07) is 0. The molecule has 0 fully saturated rings. The molecule has 0 aromatic carbocycles. The molecule has 28 valence electrons. The van der Waals surface area contributed by atoms with Crippen LogP contribution in [0.3, 0.4) is 0 Å². The van der Waals surface area contributed by atoms with Crippen molar-refractivity contribution < 1.29 is 0 Å². The summed E-state index contributed by atoms with van der Waals surface area (Å²) in [5, 5.41) is 6.28. The van der Waals surface area contributed by atoms with Crippen LogP contribution in [-0.4, -0.2) is 12.4 Å². The van der Waals surface area contributed by atoms with Crippen LogP contribution in [0, 0.1) is 5.41 Å². The van der Waals surface area contributed by atoms with E-state index in [-0.39, 0.29) is 0 Å². The minimum absolute atomic E-state index is 1.06. The highest BCUT2D eigenvalue weighted by molar-refractivity contribution is 7.79. The van der Waals surface area contributed by atoms with Crippen LogP contribution in [0.15, 0.2) is 4.40 Å². The first kappa shape index (κ1) is 4.69. The summed E-state index contributed by atoms with van der Waals surface area (Å²) < 4.78 is 3.18. The Morgan fingerprint density at radius 2 is 2.40 bits per heavy atom. The summed E-state index contributed by atoms with van der Waals surface area (Å²) in [5.41, 5.74) is 0. The molecule has 5 heavy (non-hydrogen) atoms. The van der Waals surface area contributed by atoms with Crippen molar-refractivity contribution in [2.45, 2.75) is 0 Å². The quantitative estimate of drug-likeness (QED) is 0.347. The van der Waals surface area contributed by atoms with Crippen molar-refractivity contribution in [1.82, 2.24) is 0 Å². The van der Waals surface area contributed by atoms with Crippen molar-refractivity contribution in [2.75, 3.05) is 0 Å². The molecule has 0 aliphatic rings. The fourth-order valence-electron chi connectivity index (χ4n) is 0.0333. The zero-order chi connectivity index (χ0) is 4.12. The van der Waals surface area contributed by atoms with Gasteiger partial charge < -0.3 is 5.41 Å². The monoisotopic (exact) mass is 88.0 g/mol. The largest absolute Gasteiger partial charge is 0.307 e. The van der Waals surface area contributed by atoms with Gasteiger partial charge in [0.2, 0.25) is 0 Å². The molecule has 0 heterocycles. The van der Waals surface area contributed by atoms with Crippen LogP contribution in [0.25, 0.3) is 0 Å². The fraction of sp³-hybridized carbons (Fsp3) is 0. The number of thiol groups is 1. The van der Waals surface area contributed by atoms with Gasteiger partial charge in [0, 0.05) is 6.21 Å². The first-order chi connectivity index (χ1) is 2.41. The molecule has 1 N–H and O–H groups in total. The van der Waals surface area contributed by atoms with Crippen LogP contribution < -0.4 is 0 Å². The van der Waals surface area contributed by atoms with Crippen LogP contribution in [0.1, 0.15) is 0 Å². The molecule has 0 aromatic heterocycles. The molecule has 0 radical (unpaired) electrons. The molecule has 2 nitrogen and oxygen atoms in total. The molecule has 0 aliphatic heterocycles. The molecular weight excluding hydrogens is 84.1 g/mol. The summed E-state index contributed by atoms with van der Waals surface area (Å²) in [5.74, 6) is 0. The lowest BCUT2D eigenvalue weighted by atomic mass is 10.9. The highest BCUT2D eigenvalue weighted by Crippen LogP contribution is 1.62. The maximum absolute atomic E-state index is 6.28. The average molecular weight is 88.1 g/mol. The van der Waals surface area contributed by atoms with Gasteiger partial charge in [-0.3, -0.25) is 0 Å². The number of hydrogen-bond donors (Lipinski definition) is 2. The lowest BCUT2D eigenvalue weighted by molar-refractivity contribution is 1.59. The SMILES string of the molecule is N=CC=NS. The normalized spacial score (nSPS) is 9.00. The Morgan fingerprint density at radius 1 is 1.80 bits per heavy atom. The Bertz CT molecular complexity index is 49.6. The van der Waals surface area contributed by atoms with E-state index < -0.39 is 0 Å². The summed E-state index contributed by atoms with van der Waals surface area (Å²) in [4.78, 5) is 0. The Kier molecular flexibility index (Phi) is 3.46. The second kappa shape index (κ2) is 3.69. The van der Waals surface area contributed by atoms with Gasteiger partial charge in [0.25, 0.3) is 0 Å². The second-order valence-electron chi connectivity index (χ2n) is 0.431. The molecule has 0 saturated heterocycles. The third kappa shape index (κ3) is 3.69. The predicted molar refractivity (Wildman–Crippen MR) is 26.3 cm³/mol. The van der Waals surface area contributed by atoms with Gasteiger partial charge in [-0.25, -0.2) is 4.40 Å². The minimum Gasteiger partial charge on any atom is -0.307 e. The maximum Gasteiger partial charge on any atom is 0.0524 e. The molecule has 0 saturated carbocycles. The summed E-state index contributed by atoms with van der Waals surface area (Å²) in [6.07, 6.45) is 2.34. The predicted octanol–water partition coefficient (Wildman–Crippen LogP) is 0.552. The topological polar surface area (TPSA) is 36.2 Å². The Hall–Kier alpha value is -0.310. The Morgan fingerprint density at radius 3 is 2.40 bits per heavy atom. The molecule has 0 aliphatic carbocycles. The van der Waals surface area contributed by atoms with Crippen molar-refractivity contribution in [1.29, 1.82) is 5.41 Å². The van der Waals surface area contributed by atoms with E-state index in [9.17, 15) is 0 Å². The van der Waals surface area contributed by atoms with Crippen molar-refractivity contribution in [3.05, 3.63) is 0 Å². The van der Waals surface area contributed by atoms with E-state index >= 15 is 0 Å². The first-order valence-corrected chi connectivity index (χ1v) is 1.48. The van der Waals surface area contributed by atoms with Crippen LogP contribution in [0.2, 0.25) is 0 Å². The zero-order valence-electron chi connectivity index (χ0n) is 2.55. The standard InChI is InChI=1S/C2H4N2S/c3-1-2-4-5/h1-3,5H. The van der Waals surface area contributed by atoms with Crippen molar-refractivity contribution in [3.8, 4) is 0 Å². The summed E-state index contributed by atoms with van der Waals surface area (Å²) in [6.45, 7) is 0. The molecule has 0 rings (SSSR count). The summed E-state index contributed by atoms with van der Waals surface area (Å²) in [7, 11) is 0. The Balaban J connectivity index is 2.92. The molecule has 3 heteroatoms. The Labute approximate surface area is 36.0 Å². The number of nitrogens with one attached hydrogen (secondary N) is 1. The molecule has 0 atom stereocenters. The van der Waals surface area contributed by atoms with Crippen molar-refractivity contribution in [3.63, 3.8) is 0 Å². The van der Waals surface area contributed by atoms with Gasteiger partial charge in [0.05, 0.1) is 6.21 Å². The smallest absolute Gasteiger partial charge is 0.0524 e. The molecule has 0 bridgehead atoms.